The molecule has 5 aromatic carbocycles. The molecule has 0 bridgehead atoms. The van der Waals surface area contributed by atoms with Gasteiger partial charge in [-0.2, -0.15) is 0 Å². The minimum atomic E-state index is -2.73. The van der Waals surface area contributed by atoms with Gasteiger partial charge in [-0.15, -0.1) is 0 Å². The van der Waals surface area contributed by atoms with E-state index in [1.54, 1.807) is 6.33 Å². The largest absolute Gasteiger partial charge is 0.457 e. The van der Waals surface area contributed by atoms with E-state index in [2.05, 4.69) is 30.7 Å². The van der Waals surface area contributed by atoms with Crippen molar-refractivity contribution in [2.75, 3.05) is 0 Å². The number of fused-ring (bicyclic) bond motifs is 4. The van der Waals surface area contributed by atoms with Crippen LogP contribution in [0.15, 0.2) is 128 Å². The molecule has 5 nitrogen and oxygen atoms in total. The Bertz CT molecular complexity index is 2660. The predicted molar refractivity (Wildman–Crippen MR) is 193 cm³/mol. The number of ether oxygens (including phenoxy) is 1. The maximum absolute atomic E-state index is 8.85. The fourth-order valence-corrected chi connectivity index (χ4v) is 6.35. The standard InChI is InChI=1S/C42H36N4O/c1-27-25-43-41(28(2)40(27)29-17-19-30(20-18-29)42(3,4)5)46-37-15-8-6-13-34(37)35-22-21-33(24-39(35)46)47-32-12-10-11-31(23-32)45-26-44-36-14-7-9-16-38(36)45/h6-26H,1-5H3/i1D3,2D3. The number of hydrogen-bond acceptors (Lipinski definition) is 3. The molecule has 0 fully saturated rings. The Morgan fingerprint density at radius 1 is 0.681 bits per heavy atom. The van der Waals surface area contributed by atoms with Gasteiger partial charge in [-0.1, -0.05) is 81.4 Å². The lowest BCUT2D eigenvalue weighted by molar-refractivity contribution is 0.483. The van der Waals surface area contributed by atoms with E-state index < -0.39 is 13.7 Å². The maximum atomic E-state index is 8.85. The Labute approximate surface area is 283 Å². The van der Waals surface area contributed by atoms with E-state index in [9.17, 15) is 0 Å². The van der Waals surface area contributed by atoms with E-state index in [0.717, 1.165) is 38.6 Å². The Morgan fingerprint density at radius 2 is 1.45 bits per heavy atom. The van der Waals surface area contributed by atoms with E-state index in [4.69, 9.17) is 13.0 Å². The summed E-state index contributed by atoms with van der Waals surface area (Å²) in [7, 11) is 0. The number of benzene rings is 5. The zero-order chi connectivity index (χ0) is 37.3. The van der Waals surface area contributed by atoms with Crippen LogP contribution in [0.5, 0.6) is 11.5 Å². The van der Waals surface area contributed by atoms with Gasteiger partial charge in [-0.3, -0.25) is 9.13 Å². The molecule has 0 aliphatic rings. The van der Waals surface area contributed by atoms with Crippen LogP contribution in [-0.4, -0.2) is 19.1 Å². The van der Waals surface area contributed by atoms with Gasteiger partial charge in [0.05, 0.1) is 27.8 Å². The van der Waals surface area contributed by atoms with Gasteiger partial charge in [0.25, 0.3) is 0 Å². The number of pyridine rings is 1. The highest BCUT2D eigenvalue weighted by molar-refractivity contribution is 6.09. The van der Waals surface area contributed by atoms with Crippen molar-refractivity contribution >= 4 is 32.8 Å². The number of aryl methyl sites for hydroxylation is 1. The van der Waals surface area contributed by atoms with Crippen LogP contribution in [0.3, 0.4) is 0 Å². The first kappa shape index (κ1) is 22.8. The minimum Gasteiger partial charge on any atom is -0.457 e. The summed E-state index contributed by atoms with van der Waals surface area (Å²) in [6.45, 7) is 0.917. The lowest BCUT2D eigenvalue weighted by atomic mass is 9.85. The molecule has 8 rings (SSSR count). The van der Waals surface area contributed by atoms with Crippen molar-refractivity contribution in [3.8, 4) is 34.1 Å². The zero-order valence-corrected chi connectivity index (χ0v) is 26.3. The summed E-state index contributed by atoms with van der Waals surface area (Å²) in [5, 5.41) is 1.75. The van der Waals surface area contributed by atoms with Gasteiger partial charge in [0, 0.05) is 42.9 Å². The molecule has 0 radical (unpaired) electrons. The summed E-state index contributed by atoms with van der Waals surface area (Å²) in [5.74, 6) is 1.26. The van der Waals surface area contributed by atoms with Crippen LogP contribution in [0.4, 0.5) is 0 Å². The first-order chi connectivity index (χ1) is 25.2. The summed E-state index contributed by atoms with van der Waals surface area (Å²) in [4.78, 5) is 9.20. The molecule has 230 valence electrons. The molecule has 3 aromatic heterocycles. The fourth-order valence-electron chi connectivity index (χ4n) is 6.35. The lowest BCUT2D eigenvalue weighted by Gasteiger charge is -2.20. The molecule has 0 atom stereocenters. The summed E-state index contributed by atoms with van der Waals surface area (Å²) < 4.78 is 62.1. The van der Waals surface area contributed by atoms with Crippen molar-refractivity contribution < 1.29 is 13.0 Å². The molecule has 0 saturated heterocycles. The van der Waals surface area contributed by atoms with Crippen molar-refractivity contribution in [3.05, 3.63) is 144 Å². The number of para-hydroxylation sites is 3. The Morgan fingerprint density at radius 3 is 2.26 bits per heavy atom. The second-order valence-corrected chi connectivity index (χ2v) is 12.8. The van der Waals surface area contributed by atoms with Gasteiger partial charge in [0.1, 0.15) is 23.6 Å². The van der Waals surface area contributed by atoms with Gasteiger partial charge in [-0.25, -0.2) is 9.97 Å². The zero-order valence-electron chi connectivity index (χ0n) is 32.3. The second kappa shape index (κ2) is 11.0. The van der Waals surface area contributed by atoms with Crippen LogP contribution in [0.25, 0.3) is 55.5 Å². The molecule has 5 heteroatoms. The highest BCUT2D eigenvalue weighted by Gasteiger charge is 2.20. The lowest BCUT2D eigenvalue weighted by Crippen LogP contribution is -2.10. The van der Waals surface area contributed by atoms with Gasteiger partial charge in [0.15, 0.2) is 0 Å². The SMILES string of the molecule is [2H]C([2H])([2H])c1cnc(-n2c3ccccc3c3ccc(Oc4cccc(-n5cnc6ccccc65)c4)cc32)c(C([2H])([2H])[2H])c1-c1ccc(C(C)(C)C)cc1. The minimum absolute atomic E-state index is 0.119. The average Bonchev–Trinajstić information content (AvgIpc) is 3.69. The average molecular weight is 619 g/mol. The van der Waals surface area contributed by atoms with Gasteiger partial charge >= 0.3 is 0 Å². The third-order valence-electron chi connectivity index (χ3n) is 8.74. The quantitative estimate of drug-likeness (QED) is 0.193. The second-order valence-electron chi connectivity index (χ2n) is 12.8. The predicted octanol–water partition coefficient (Wildman–Crippen LogP) is 10.9. The van der Waals surface area contributed by atoms with Crippen molar-refractivity contribution in [1.82, 2.24) is 19.1 Å². The normalized spacial score (nSPS) is 14.4. The molecule has 0 saturated carbocycles. The molecule has 3 heterocycles. The molecule has 0 spiro atoms. The Balaban J connectivity index is 1.32. The molecule has 0 unspecified atom stereocenters. The number of rotatable bonds is 5. The first-order valence-corrected chi connectivity index (χ1v) is 15.6. The van der Waals surface area contributed by atoms with E-state index in [1.807, 2.05) is 124 Å². The van der Waals surface area contributed by atoms with Crippen LogP contribution in [0.2, 0.25) is 0 Å². The Hall–Kier alpha value is -5.68. The van der Waals surface area contributed by atoms with Crippen molar-refractivity contribution in [3.63, 3.8) is 0 Å². The summed E-state index contributed by atoms with van der Waals surface area (Å²) in [6.07, 6.45) is 3.09. The van der Waals surface area contributed by atoms with Crippen LogP contribution in [0.1, 0.15) is 45.7 Å². The number of nitrogens with zero attached hydrogens (tertiary/aromatic N) is 4. The number of imidazole rings is 1. The van der Waals surface area contributed by atoms with E-state index in [-0.39, 0.29) is 27.9 Å². The van der Waals surface area contributed by atoms with Gasteiger partial charge < -0.3 is 4.74 Å². The Kier molecular flexibility index (Phi) is 5.32. The van der Waals surface area contributed by atoms with E-state index in [1.165, 1.54) is 6.20 Å². The molecule has 0 aliphatic heterocycles. The van der Waals surface area contributed by atoms with Crippen LogP contribution >= 0.6 is 0 Å². The van der Waals surface area contributed by atoms with Gasteiger partial charge in [0.2, 0.25) is 0 Å². The third kappa shape index (κ3) is 4.95. The molecule has 0 amide bonds. The van der Waals surface area contributed by atoms with Crippen molar-refractivity contribution in [1.29, 1.82) is 0 Å². The molecule has 47 heavy (non-hydrogen) atoms. The fraction of sp³-hybridized carbons (Fsp3) is 0.143. The van der Waals surface area contributed by atoms with Crippen molar-refractivity contribution in [2.45, 2.75) is 39.9 Å². The van der Waals surface area contributed by atoms with Crippen molar-refractivity contribution in [2.24, 2.45) is 0 Å². The molecular formula is C42H36N4O. The molecule has 8 aromatic rings. The van der Waals surface area contributed by atoms with Crippen LogP contribution < -0.4 is 4.74 Å². The van der Waals surface area contributed by atoms with Crippen LogP contribution in [-0.2, 0) is 5.41 Å². The van der Waals surface area contributed by atoms with E-state index in [0.29, 0.717) is 22.6 Å². The summed E-state index contributed by atoms with van der Waals surface area (Å²) >= 11 is 0. The highest BCUT2D eigenvalue weighted by atomic mass is 16.5. The summed E-state index contributed by atoms with van der Waals surface area (Å²) in [6, 6.07) is 36.5. The first-order valence-electron chi connectivity index (χ1n) is 18.6. The third-order valence-corrected chi connectivity index (χ3v) is 8.74. The smallest absolute Gasteiger partial charge is 0.141 e. The summed E-state index contributed by atoms with van der Waals surface area (Å²) in [5.41, 5.74) is 5.40. The van der Waals surface area contributed by atoms with E-state index >= 15 is 0 Å². The monoisotopic (exact) mass is 618 g/mol. The number of aromatic nitrogens is 4. The molecule has 0 N–H and O–H groups in total. The van der Waals surface area contributed by atoms with Crippen LogP contribution in [0, 0.1) is 13.7 Å². The highest BCUT2D eigenvalue weighted by Crippen LogP contribution is 2.38. The molecule has 0 aliphatic carbocycles. The number of hydrogen-bond donors (Lipinski definition) is 0. The van der Waals surface area contributed by atoms with Gasteiger partial charge in [-0.05, 0) is 83.8 Å². The topological polar surface area (TPSA) is 44.9 Å². The molecular weight excluding hydrogens is 576 g/mol. The maximum Gasteiger partial charge on any atom is 0.141 e.